The normalized spacial score (nSPS) is 35.4. The minimum absolute atomic E-state index is 0.436. The molecule has 0 heterocycles. The molecule has 106 valence electrons. The van der Waals surface area contributed by atoms with Crippen LogP contribution in [0.2, 0.25) is 0 Å². The first-order valence-corrected chi connectivity index (χ1v) is 8.10. The molecule has 0 saturated heterocycles. The van der Waals surface area contributed by atoms with Crippen LogP contribution in [0.25, 0.3) is 0 Å². The SMILES string of the molecule is CC1CCC/C=C/CCCCCCC(N)CC1C. The Morgan fingerprint density at radius 3 is 2.22 bits per heavy atom. The van der Waals surface area contributed by atoms with Gasteiger partial charge in [-0.3, -0.25) is 0 Å². The molecule has 0 aromatic carbocycles. The Hall–Kier alpha value is -0.300. The van der Waals surface area contributed by atoms with E-state index in [9.17, 15) is 0 Å². The Balaban J connectivity index is 2.38. The molecule has 0 aromatic heterocycles. The largest absolute Gasteiger partial charge is 0.328 e. The van der Waals surface area contributed by atoms with Crippen LogP contribution in [0.3, 0.4) is 0 Å². The first kappa shape index (κ1) is 15.8. The summed E-state index contributed by atoms with van der Waals surface area (Å²) in [7, 11) is 0. The van der Waals surface area contributed by atoms with E-state index in [4.69, 9.17) is 5.73 Å². The zero-order valence-electron chi connectivity index (χ0n) is 12.5. The van der Waals surface area contributed by atoms with Gasteiger partial charge in [0.15, 0.2) is 0 Å². The van der Waals surface area contributed by atoms with Crippen molar-refractivity contribution in [1.82, 2.24) is 0 Å². The molecular weight excluding hydrogens is 218 g/mol. The molecule has 1 rings (SSSR count). The molecule has 2 N–H and O–H groups in total. The van der Waals surface area contributed by atoms with Crippen LogP contribution in [-0.4, -0.2) is 6.04 Å². The molecule has 3 unspecified atom stereocenters. The Morgan fingerprint density at radius 1 is 0.778 bits per heavy atom. The topological polar surface area (TPSA) is 26.0 Å². The zero-order chi connectivity index (χ0) is 13.2. The van der Waals surface area contributed by atoms with Crippen molar-refractivity contribution in [1.29, 1.82) is 0 Å². The van der Waals surface area contributed by atoms with Gasteiger partial charge in [0.25, 0.3) is 0 Å². The van der Waals surface area contributed by atoms with Crippen LogP contribution in [0.4, 0.5) is 0 Å². The molecule has 0 bridgehead atoms. The highest BCUT2D eigenvalue weighted by molar-refractivity contribution is 4.82. The Labute approximate surface area is 114 Å². The molecule has 0 fully saturated rings. The average molecular weight is 251 g/mol. The van der Waals surface area contributed by atoms with Crippen molar-refractivity contribution >= 4 is 0 Å². The molecule has 0 aliphatic heterocycles. The average Bonchev–Trinajstić information content (AvgIpc) is 2.34. The third-order valence-corrected chi connectivity index (χ3v) is 4.54. The summed E-state index contributed by atoms with van der Waals surface area (Å²) in [6.07, 6.45) is 17.9. The van der Waals surface area contributed by atoms with Crippen molar-refractivity contribution in [3.63, 3.8) is 0 Å². The van der Waals surface area contributed by atoms with Gasteiger partial charge in [-0.2, -0.15) is 0 Å². The standard InChI is InChI=1S/C17H33N/c1-15-12-10-8-6-4-3-5-7-9-11-13-17(18)14-16(15)2/h4,6,15-17H,3,5,7-14,18H2,1-2H3/b6-4+. The summed E-state index contributed by atoms with van der Waals surface area (Å²) < 4.78 is 0. The lowest BCUT2D eigenvalue weighted by atomic mass is 9.85. The van der Waals surface area contributed by atoms with Crippen LogP contribution in [0.5, 0.6) is 0 Å². The Morgan fingerprint density at radius 2 is 1.44 bits per heavy atom. The number of rotatable bonds is 0. The number of allylic oxidation sites excluding steroid dienone is 2. The van der Waals surface area contributed by atoms with Crippen molar-refractivity contribution in [2.24, 2.45) is 17.6 Å². The van der Waals surface area contributed by atoms with Crippen LogP contribution in [0, 0.1) is 11.8 Å². The van der Waals surface area contributed by atoms with E-state index in [1.54, 1.807) is 0 Å². The molecule has 0 radical (unpaired) electrons. The fraction of sp³-hybridized carbons (Fsp3) is 0.882. The molecular formula is C17H33N. The predicted molar refractivity (Wildman–Crippen MR) is 81.6 cm³/mol. The van der Waals surface area contributed by atoms with Crippen molar-refractivity contribution < 1.29 is 0 Å². The summed E-state index contributed by atoms with van der Waals surface area (Å²) in [5.41, 5.74) is 6.26. The summed E-state index contributed by atoms with van der Waals surface area (Å²) in [5.74, 6) is 1.61. The van der Waals surface area contributed by atoms with Gasteiger partial charge in [0.1, 0.15) is 0 Å². The van der Waals surface area contributed by atoms with Crippen molar-refractivity contribution in [2.75, 3.05) is 0 Å². The van der Waals surface area contributed by atoms with Gasteiger partial charge in [-0.05, 0) is 50.4 Å². The third kappa shape index (κ3) is 7.20. The first-order valence-electron chi connectivity index (χ1n) is 8.10. The number of nitrogens with two attached hydrogens (primary N) is 1. The van der Waals surface area contributed by atoms with Gasteiger partial charge in [0.05, 0.1) is 0 Å². The second-order valence-corrected chi connectivity index (χ2v) is 6.34. The van der Waals surface area contributed by atoms with Gasteiger partial charge < -0.3 is 5.73 Å². The molecule has 1 aliphatic carbocycles. The minimum atomic E-state index is 0.436. The van der Waals surface area contributed by atoms with Crippen LogP contribution in [0.1, 0.15) is 78.1 Å². The highest BCUT2D eigenvalue weighted by atomic mass is 14.6. The van der Waals surface area contributed by atoms with E-state index in [0.717, 1.165) is 11.8 Å². The fourth-order valence-corrected chi connectivity index (χ4v) is 2.93. The summed E-state index contributed by atoms with van der Waals surface area (Å²) in [6, 6.07) is 0.436. The van der Waals surface area contributed by atoms with Crippen molar-refractivity contribution in [2.45, 2.75) is 84.1 Å². The van der Waals surface area contributed by atoms with Crippen molar-refractivity contribution in [3.05, 3.63) is 12.2 Å². The van der Waals surface area contributed by atoms with Crippen LogP contribution in [0.15, 0.2) is 12.2 Å². The number of hydrogen-bond donors (Lipinski definition) is 1. The molecule has 0 spiro atoms. The Bertz CT molecular complexity index is 222. The van der Waals surface area contributed by atoms with E-state index in [1.807, 2.05) is 0 Å². The molecule has 1 aliphatic rings. The highest BCUT2D eigenvalue weighted by Gasteiger charge is 2.15. The van der Waals surface area contributed by atoms with Gasteiger partial charge in [-0.15, -0.1) is 0 Å². The maximum atomic E-state index is 6.26. The lowest BCUT2D eigenvalue weighted by molar-refractivity contribution is 0.309. The fourth-order valence-electron chi connectivity index (χ4n) is 2.93. The zero-order valence-corrected chi connectivity index (χ0v) is 12.5. The van der Waals surface area contributed by atoms with E-state index >= 15 is 0 Å². The second kappa shape index (κ2) is 9.61. The summed E-state index contributed by atoms with van der Waals surface area (Å²) >= 11 is 0. The van der Waals surface area contributed by atoms with E-state index in [0.29, 0.717) is 6.04 Å². The molecule has 0 saturated carbocycles. The van der Waals surface area contributed by atoms with Gasteiger partial charge in [-0.1, -0.05) is 51.7 Å². The summed E-state index contributed by atoms with van der Waals surface area (Å²) in [5, 5.41) is 0. The minimum Gasteiger partial charge on any atom is -0.328 e. The lowest BCUT2D eigenvalue weighted by Crippen LogP contribution is -2.25. The van der Waals surface area contributed by atoms with E-state index < -0.39 is 0 Å². The smallest absolute Gasteiger partial charge is 0.00414 e. The molecule has 18 heavy (non-hydrogen) atoms. The van der Waals surface area contributed by atoms with Gasteiger partial charge in [0.2, 0.25) is 0 Å². The van der Waals surface area contributed by atoms with Crippen LogP contribution >= 0.6 is 0 Å². The highest BCUT2D eigenvalue weighted by Crippen LogP contribution is 2.23. The van der Waals surface area contributed by atoms with Crippen molar-refractivity contribution in [3.8, 4) is 0 Å². The maximum Gasteiger partial charge on any atom is 0.00414 e. The molecule has 0 aromatic rings. The second-order valence-electron chi connectivity index (χ2n) is 6.34. The predicted octanol–water partition coefficient (Wildman–Crippen LogP) is 5.06. The molecule has 1 heteroatoms. The maximum absolute atomic E-state index is 6.26. The summed E-state index contributed by atoms with van der Waals surface area (Å²) in [4.78, 5) is 0. The lowest BCUT2D eigenvalue weighted by Gasteiger charge is -2.23. The molecule has 1 nitrogen and oxygen atoms in total. The van der Waals surface area contributed by atoms with Crippen LogP contribution < -0.4 is 5.73 Å². The molecule has 3 atom stereocenters. The van der Waals surface area contributed by atoms with E-state index in [1.165, 1.54) is 64.2 Å². The van der Waals surface area contributed by atoms with Crippen LogP contribution in [-0.2, 0) is 0 Å². The monoisotopic (exact) mass is 251 g/mol. The van der Waals surface area contributed by atoms with E-state index in [-0.39, 0.29) is 0 Å². The number of hydrogen-bond acceptors (Lipinski definition) is 1. The molecule has 0 amide bonds. The van der Waals surface area contributed by atoms with Gasteiger partial charge in [0, 0.05) is 6.04 Å². The first-order chi connectivity index (χ1) is 8.70. The van der Waals surface area contributed by atoms with Gasteiger partial charge >= 0.3 is 0 Å². The van der Waals surface area contributed by atoms with Gasteiger partial charge in [-0.25, -0.2) is 0 Å². The summed E-state index contributed by atoms with van der Waals surface area (Å²) in [6.45, 7) is 4.79. The van der Waals surface area contributed by atoms with E-state index in [2.05, 4.69) is 26.0 Å². The Kier molecular flexibility index (Phi) is 8.41. The quantitative estimate of drug-likeness (QED) is 0.599. The third-order valence-electron chi connectivity index (χ3n) is 4.54.